The molecule has 0 aromatic carbocycles. The van der Waals surface area contributed by atoms with Gasteiger partial charge in [-0.05, 0) is 20.8 Å². The number of hydrogen-bond donors (Lipinski definition) is 0. The van der Waals surface area contributed by atoms with Crippen molar-refractivity contribution in [2.45, 2.75) is 38.6 Å². The highest BCUT2D eigenvalue weighted by Crippen LogP contribution is 2.40. The Bertz CT molecular complexity index is 386. The van der Waals surface area contributed by atoms with Crippen LogP contribution < -0.4 is 0 Å². The molecule has 0 aromatic heterocycles. The Morgan fingerprint density at radius 1 is 1.26 bits per heavy atom. The molecule has 0 bridgehead atoms. The van der Waals surface area contributed by atoms with Crippen molar-refractivity contribution in [1.82, 2.24) is 4.90 Å². The van der Waals surface area contributed by atoms with Gasteiger partial charge in [0.1, 0.15) is 6.04 Å². The zero-order valence-electron chi connectivity index (χ0n) is 11.6. The van der Waals surface area contributed by atoms with E-state index in [9.17, 15) is 14.4 Å². The molecule has 108 valence electrons. The number of carbonyl (C=O) groups excluding carboxylic acids is 3. The molecule has 1 rings (SSSR count). The second kappa shape index (κ2) is 6.27. The van der Waals surface area contributed by atoms with Gasteiger partial charge in [-0.3, -0.25) is 4.79 Å². The van der Waals surface area contributed by atoms with E-state index < -0.39 is 22.9 Å². The van der Waals surface area contributed by atoms with Crippen LogP contribution in [0.2, 0.25) is 0 Å². The van der Waals surface area contributed by atoms with Gasteiger partial charge in [0.05, 0.1) is 13.2 Å². The first kappa shape index (κ1) is 15.8. The van der Waals surface area contributed by atoms with Crippen LogP contribution in [-0.2, 0) is 23.9 Å². The molecule has 0 aliphatic carbocycles. The summed E-state index contributed by atoms with van der Waals surface area (Å²) in [5.41, 5.74) is 0. The second-order valence-electron chi connectivity index (χ2n) is 4.17. The van der Waals surface area contributed by atoms with Crippen molar-refractivity contribution in [3.05, 3.63) is 0 Å². The molecule has 1 aliphatic heterocycles. The average molecular weight is 289 g/mol. The van der Waals surface area contributed by atoms with Gasteiger partial charge < -0.3 is 14.4 Å². The van der Waals surface area contributed by atoms with Crippen LogP contribution in [0, 0.1) is 0 Å². The van der Waals surface area contributed by atoms with Gasteiger partial charge in [0, 0.05) is 12.7 Å². The van der Waals surface area contributed by atoms with Gasteiger partial charge in [-0.1, -0.05) is 0 Å². The molecule has 7 heteroatoms. The van der Waals surface area contributed by atoms with E-state index in [1.54, 1.807) is 20.8 Å². The Kier molecular flexibility index (Phi) is 5.22. The summed E-state index contributed by atoms with van der Waals surface area (Å²) in [5.74, 6) is -1.02. The summed E-state index contributed by atoms with van der Waals surface area (Å²) >= 11 is 1.22. The Balaban J connectivity index is 3.00. The van der Waals surface area contributed by atoms with Crippen molar-refractivity contribution in [1.29, 1.82) is 0 Å². The molecule has 0 spiro atoms. The molecule has 2 atom stereocenters. The highest BCUT2D eigenvalue weighted by atomic mass is 32.2. The van der Waals surface area contributed by atoms with Gasteiger partial charge in [-0.15, -0.1) is 11.8 Å². The number of thioether (sulfide) groups is 1. The minimum Gasteiger partial charge on any atom is -0.464 e. The molecule has 0 aromatic rings. The molecule has 0 N–H and O–H groups in total. The van der Waals surface area contributed by atoms with Crippen LogP contribution in [0.4, 0.5) is 0 Å². The van der Waals surface area contributed by atoms with Crippen molar-refractivity contribution in [2.24, 2.45) is 0 Å². The summed E-state index contributed by atoms with van der Waals surface area (Å²) in [6, 6.07) is -0.739. The lowest BCUT2D eigenvalue weighted by atomic mass is 10.2. The first-order chi connectivity index (χ1) is 8.88. The fourth-order valence-electron chi connectivity index (χ4n) is 2.04. The van der Waals surface area contributed by atoms with Gasteiger partial charge in [-0.2, -0.15) is 0 Å². The lowest BCUT2D eigenvalue weighted by molar-refractivity contribution is -0.162. The lowest BCUT2D eigenvalue weighted by Gasteiger charge is -2.33. The average Bonchev–Trinajstić information content (AvgIpc) is 2.69. The third-order valence-corrected chi connectivity index (χ3v) is 4.25. The maximum Gasteiger partial charge on any atom is 0.342 e. The highest BCUT2D eigenvalue weighted by Gasteiger charge is 2.54. The number of amides is 1. The molecule has 0 radical (unpaired) electrons. The molecular weight excluding hydrogens is 270 g/mol. The Hall–Kier alpha value is -1.24. The monoisotopic (exact) mass is 289 g/mol. The van der Waals surface area contributed by atoms with Crippen molar-refractivity contribution in [3.8, 4) is 0 Å². The minimum absolute atomic E-state index is 0.227. The standard InChI is InChI=1S/C12H19NO5S/c1-5-17-10(15)9-7-19-12(4,11(16)18-6-2)13(9)8(3)14/h9H,5-7H2,1-4H3/t9-,12?/m0/s1. The summed E-state index contributed by atoms with van der Waals surface area (Å²) in [6.45, 7) is 6.78. The van der Waals surface area contributed by atoms with Gasteiger partial charge in [0.15, 0.2) is 4.87 Å². The van der Waals surface area contributed by atoms with E-state index in [2.05, 4.69) is 0 Å². The van der Waals surface area contributed by atoms with Crippen LogP contribution >= 0.6 is 11.8 Å². The molecule has 6 nitrogen and oxygen atoms in total. The van der Waals surface area contributed by atoms with Crippen LogP contribution in [0.15, 0.2) is 0 Å². The van der Waals surface area contributed by atoms with Crippen LogP contribution in [0.25, 0.3) is 0 Å². The SMILES string of the molecule is CCOC(=O)[C@@H]1CSC(C)(C(=O)OCC)N1C(C)=O. The highest BCUT2D eigenvalue weighted by molar-refractivity contribution is 8.01. The number of esters is 2. The Morgan fingerprint density at radius 2 is 1.84 bits per heavy atom. The predicted molar refractivity (Wildman–Crippen MR) is 70.4 cm³/mol. The fraction of sp³-hybridized carbons (Fsp3) is 0.750. The quantitative estimate of drug-likeness (QED) is 0.713. The van der Waals surface area contributed by atoms with E-state index in [4.69, 9.17) is 9.47 Å². The number of nitrogens with zero attached hydrogens (tertiary/aromatic N) is 1. The summed E-state index contributed by atoms with van der Waals surface area (Å²) in [7, 11) is 0. The van der Waals surface area contributed by atoms with Crippen molar-refractivity contribution >= 4 is 29.6 Å². The lowest BCUT2D eigenvalue weighted by Crippen LogP contribution is -2.55. The molecule has 1 fully saturated rings. The molecule has 0 saturated carbocycles. The van der Waals surface area contributed by atoms with Gasteiger partial charge in [0.25, 0.3) is 0 Å². The van der Waals surface area contributed by atoms with Crippen molar-refractivity contribution < 1.29 is 23.9 Å². The largest absolute Gasteiger partial charge is 0.464 e. The smallest absolute Gasteiger partial charge is 0.342 e. The fourth-order valence-corrected chi connectivity index (χ4v) is 3.38. The third-order valence-electron chi connectivity index (χ3n) is 2.85. The zero-order chi connectivity index (χ0) is 14.6. The second-order valence-corrected chi connectivity index (χ2v) is 5.59. The number of hydrogen-bond acceptors (Lipinski definition) is 6. The van der Waals surface area contributed by atoms with Crippen LogP contribution in [0.5, 0.6) is 0 Å². The number of ether oxygens (including phenoxy) is 2. The van der Waals surface area contributed by atoms with E-state index in [1.807, 2.05) is 0 Å². The van der Waals surface area contributed by atoms with Crippen LogP contribution in [0.1, 0.15) is 27.7 Å². The summed E-state index contributed by atoms with van der Waals surface area (Å²) in [6.07, 6.45) is 0. The summed E-state index contributed by atoms with van der Waals surface area (Å²) < 4.78 is 9.93. The van der Waals surface area contributed by atoms with Gasteiger partial charge in [-0.25, -0.2) is 9.59 Å². The normalized spacial score (nSPS) is 26.1. The van der Waals surface area contributed by atoms with E-state index in [0.717, 1.165) is 0 Å². The predicted octanol–water partition coefficient (Wildman–Crippen LogP) is 0.793. The third kappa shape index (κ3) is 3.02. The number of carbonyl (C=O) groups is 3. The first-order valence-corrected chi connectivity index (χ1v) is 7.14. The van der Waals surface area contributed by atoms with E-state index in [1.165, 1.54) is 23.6 Å². The van der Waals surface area contributed by atoms with Crippen LogP contribution in [-0.4, -0.2) is 52.6 Å². The molecule has 19 heavy (non-hydrogen) atoms. The maximum absolute atomic E-state index is 12.0. The van der Waals surface area contributed by atoms with Crippen LogP contribution in [0.3, 0.4) is 0 Å². The minimum atomic E-state index is -1.17. The molecule has 1 saturated heterocycles. The summed E-state index contributed by atoms with van der Waals surface area (Å²) in [5, 5.41) is 0. The molecule has 1 heterocycles. The zero-order valence-corrected chi connectivity index (χ0v) is 12.4. The van der Waals surface area contributed by atoms with Crippen molar-refractivity contribution in [2.75, 3.05) is 19.0 Å². The van der Waals surface area contributed by atoms with Gasteiger partial charge in [0.2, 0.25) is 5.91 Å². The molecular formula is C12H19NO5S. The molecule has 1 amide bonds. The molecule has 1 aliphatic rings. The first-order valence-electron chi connectivity index (χ1n) is 6.16. The maximum atomic E-state index is 12.0. The topological polar surface area (TPSA) is 72.9 Å². The Labute approximate surface area is 116 Å². The summed E-state index contributed by atoms with van der Waals surface area (Å²) in [4.78, 5) is 35.7. The van der Waals surface area contributed by atoms with E-state index in [0.29, 0.717) is 5.75 Å². The Morgan fingerprint density at radius 3 is 2.32 bits per heavy atom. The van der Waals surface area contributed by atoms with E-state index in [-0.39, 0.29) is 19.1 Å². The number of rotatable bonds is 4. The van der Waals surface area contributed by atoms with Crippen molar-refractivity contribution in [3.63, 3.8) is 0 Å². The molecule has 1 unspecified atom stereocenters. The van der Waals surface area contributed by atoms with E-state index >= 15 is 0 Å². The van der Waals surface area contributed by atoms with Gasteiger partial charge >= 0.3 is 11.9 Å².